The highest BCUT2D eigenvalue weighted by atomic mass is 16.6. The van der Waals surface area contributed by atoms with Gasteiger partial charge in [0, 0.05) is 0 Å². The lowest BCUT2D eigenvalue weighted by atomic mass is 10.0. The normalized spacial score (nSPS) is 20.9. The first-order valence-electron chi connectivity index (χ1n) is 12.4. The van der Waals surface area contributed by atoms with E-state index in [1.54, 1.807) is 13.8 Å². The molecule has 0 N–H and O–H groups in total. The fraction of sp³-hybridized carbons (Fsp3) is 0.846. The molecule has 1 rings (SSSR count). The van der Waals surface area contributed by atoms with Crippen molar-refractivity contribution in [1.29, 1.82) is 5.26 Å². The number of hydrogen-bond acceptors (Lipinski definition) is 4. The maximum absolute atomic E-state index is 12.6. The van der Waals surface area contributed by atoms with E-state index >= 15 is 0 Å². The summed E-state index contributed by atoms with van der Waals surface area (Å²) >= 11 is 0. The zero-order valence-corrected chi connectivity index (χ0v) is 20.9. The smallest absolute Gasteiger partial charge is 0.413 e. The second-order valence-electron chi connectivity index (χ2n) is 10.2. The Kier molecular flexibility index (Phi) is 12.2. The Balaban J connectivity index is 2.31. The molecule has 0 radical (unpaired) electrons. The highest BCUT2D eigenvalue weighted by molar-refractivity contribution is 5.70. The SMILES string of the molecule is CCCCCCCCCCCCCC=CC1OC(C)(C)N(C(=O)OC(C)(C)C)C1C#N. The van der Waals surface area contributed by atoms with Gasteiger partial charge in [0.2, 0.25) is 0 Å². The molecule has 0 aliphatic carbocycles. The summed E-state index contributed by atoms with van der Waals surface area (Å²) in [6.07, 6.45) is 18.7. The Morgan fingerprint density at radius 2 is 1.55 bits per heavy atom. The Morgan fingerprint density at radius 3 is 2.03 bits per heavy atom. The second kappa shape index (κ2) is 13.8. The lowest BCUT2D eigenvalue weighted by Gasteiger charge is -2.33. The first kappa shape index (κ1) is 27.5. The molecule has 31 heavy (non-hydrogen) atoms. The van der Waals surface area contributed by atoms with Crippen molar-refractivity contribution in [2.45, 2.75) is 142 Å². The zero-order chi connectivity index (χ0) is 23.3. The Hall–Kier alpha value is -1.54. The van der Waals surface area contributed by atoms with Crippen molar-refractivity contribution < 1.29 is 14.3 Å². The number of carbonyl (C=O) groups is 1. The highest BCUT2D eigenvalue weighted by Crippen LogP contribution is 2.34. The van der Waals surface area contributed by atoms with Gasteiger partial charge in [-0.1, -0.05) is 83.3 Å². The minimum Gasteiger partial charge on any atom is -0.444 e. The summed E-state index contributed by atoms with van der Waals surface area (Å²) in [6, 6.07) is 1.55. The van der Waals surface area contributed by atoms with Gasteiger partial charge >= 0.3 is 6.09 Å². The van der Waals surface area contributed by atoms with E-state index in [4.69, 9.17) is 9.47 Å². The minimum atomic E-state index is -0.881. The molecule has 0 bridgehead atoms. The molecule has 2 unspecified atom stereocenters. The van der Waals surface area contributed by atoms with Crippen molar-refractivity contribution in [1.82, 2.24) is 4.90 Å². The van der Waals surface area contributed by atoms with Gasteiger partial charge < -0.3 is 9.47 Å². The minimum absolute atomic E-state index is 0.430. The van der Waals surface area contributed by atoms with Gasteiger partial charge in [0.15, 0.2) is 6.04 Å². The van der Waals surface area contributed by atoms with Gasteiger partial charge in [-0.3, -0.25) is 4.90 Å². The molecule has 178 valence electrons. The van der Waals surface area contributed by atoms with Crippen LogP contribution in [0, 0.1) is 11.3 Å². The summed E-state index contributed by atoms with van der Waals surface area (Å²) in [6.45, 7) is 11.3. The molecule has 0 aromatic heterocycles. The molecule has 0 aromatic rings. The third-order valence-corrected chi connectivity index (χ3v) is 5.62. The lowest BCUT2D eigenvalue weighted by Crippen LogP contribution is -2.49. The number of amides is 1. The Bertz CT molecular complexity index is 586. The Labute approximate surface area is 191 Å². The van der Waals surface area contributed by atoms with E-state index in [0.717, 1.165) is 12.8 Å². The zero-order valence-electron chi connectivity index (χ0n) is 20.9. The highest BCUT2D eigenvalue weighted by Gasteiger charge is 2.50. The first-order chi connectivity index (χ1) is 14.6. The molecule has 2 atom stereocenters. The topological polar surface area (TPSA) is 62.6 Å². The molecule has 5 heteroatoms. The average Bonchev–Trinajstić information content (AvgIpc) is 2.93. The van der Waals surface area contributed by atoms with Crippen molar-refractivity contribution in [2.75, 3.05) is 0 Å². The van der Waals surface area contributed by atoms with Crippen LogP contribution in [0.2, 0.25) is 0 Å². The standard InChI is InChI=1S/C26H46N2O3/c1-7-8-9-10-11-12-13-14-15-16-17-18-19-20-23-22(21-27)28(26(5,6)30-23)24(29)31-25(2,3)4/h19-20,22-23H,7-18H2,1-6H3. The molecule has 1 fully saturated rings. The van der Waals surface area contributed by atoms with Crippen molar-refractivity contribution in [2.24, 2.45) is 0 Å². The summed E-state index contributed by atoms with van der Waals surface area (Å²) in [5.74, 6) is 0. The molecule has 1 saturated heterocycles. The van der Waals surface area contributed by atoms with Crippen molar-refractivity contribution in [3.05, 3.63) is 12.2 Å². The molecular formula is C26H46N2O3. The number of unbranched alkanes of at least 4 members (excludes halogenated alkanes) is 11. The van der Waals surface area contributed by atoms with Gasteiger partial charge in [-0.05, 0) is 47.5 Å². The maximum atomic E-state index is 12.6. The predicted octanol–water partition coefficient (Wildman–Crippen LogP) is 7.51. The van der Waals surface area contributed by atoms with Crippen LogP contribution in [0.15, 0.2) is 12.2 Å². The van der Waals surface area contributed by atoms with E-state index in [9.17, 15) is 10.1 Å². The van der Waals surface area contributed by atoms with Crippen LogP contribution in [-0.4, -0.2) is 34.5 Å². The molecule has 0 spiro atoms. The van der Waals surface area contributed by atoms with E-state index in [-0.39, 0.29) is 0 Å². The van der Waals surface area contributed by atoms with Crippen molar-refractivity contribution >= 4 is 6.09 Å². The van der Waals surface area contributed by atoms with Crippen LogP contribution < -0.4 is 0 Å². The Morgan fingerprint density at radius 1 is 1.03 bits per heavy atom. The predicted molar refractivity (Wildman–Crippen MR) is 127 cm³/mol. The summed E-state index contributed by atoms with van der Waals surface area (Å²) in [5.41, 5.74) is -1.50. The number of allylic oxidation sites excluding steroid dienone is 1. The molecular weight excluding hydrogens is 388 g/mol. The fourth-order valence-electron chi connectivity index (χ4n) is 4.01. The van der Waals surface area contributed by atoms with Gasteiger partial charge in [-0.15, -0.1) is 0 Å². The quantitative estimate of drug-likeness (QED) is 0.222. The summed E-state index contributed by atoms with van der Waals surface area (Å²) in [4.78, 5) is 14.1. The fourth-order valence-corrected chi connectivity index (χ4v) is 4.01. The van der Waals surface area contributed by atoms with Gasteiger partial charge in [-0.2, -0.15) is 5.26 Å². The largest absolute Gasteiger partial charge is 0.444 e. The third kappa shape index (κ3) is 10.5. The van der Waals surface area contributed by atoms with Gasteiger partial charge in [0.1, 0.15) is 17.4 Å². The number of nitriles is 1. The molecule has 0 saturated carbocycles. The average molecular weight is 435 g/mol. The number of carbonyl (C=O) groups excluding carboxylic acids is 1. The maximum Gasteiger partial charge on any atom is 0.413 e. The van der Waals surface area contributed by atoms with Crippen LogP contribution in [0.5, 0.6) is 0 Å². The molecule has 1 amide bonds. The summed E-state index contributed by atoms with van der Waals surface area (Å²) in [7, 11) is 0. The second-order valence-corrected chi connectivity index (χ2v) is 10.2. The van der Waals surface area contributed by atoms with Crippen LogP contribution in [0.25, 0.3) is 0 Å². The molecule has 0 aromatic carbocycles. The number of nitrogens with zero attached hydrogens (tertiary/aromatic N) is 2. The summed E-state index contributed by atoms with van der Waals surface area (Å²) in [5, 5.41) is 9.68. The van der Waals surface area contributed by atoms with E-state index < -0.39 is 29.6 Å². The van der Waals surface area contributed by atoms with Gasteiger partial charge in [-0.25, -0.2) is 4.79 Å². The van der Waals surface area contributed by atoms with Crippen LogP contribution >= 0.6 is 0 Å². The van der Waals surface area contributed by atoms with Crippen LogP contribution in [0.1, 0.15) is 119 Å². The van der Waals surface area contributed by atoms with Gasteiger partial charge in [0.05, 0.1) is 6.07 Å². The van der Waals surface area contributed by atoms with Crippen LogP contribution in [-0.2, 0) is 9.47 Å². The van der Waals surface area contributed by atoms with Crippen molar-refractivity contribution in [3.63, 3.8) is 0 Å². The van der Waals surface area contributed by atoms with E-state index in [0.29, 0.717) is 0 Å². The van der Waals surface area contributed by atoms with Crippen LogP contribution in [0.3, 0.4) is 0 Å². The number of ether oxygens (including phenoxy) is 2. The molecule has 1 aliphatic rings. The van der Waals surface area contributed by atoms with Gasteiger partial charge in [0.25, 0.3) is 0 Å². The molecule has 5 nitrogen and oxygen atoms in total. The molecule has 1 heterocycles. The van der Waals surface area contributed by atoms with E-state index in [1.165, 1.54) is 69.1 Å². The lowest BCUT2D eigenvalue weighted by molar-refractivity contribution is -0.0708. The van der Waals surface area contributed by atoms with Crippen molar-refractivity contribution in [3.8, 4) is 6.07 Å². The first-order valence-corrected chi connectivity index (χ1v) is 12.4. The van der Waals surface area contributed by atoms with E-state index in [2.05, 4.69) is 19.1 Å². The monoisotopic (exact) mass is 434 g/mol. The number of hydrogen-bond donors (Lipinski definition) is 0. The number of rotatable bonds is 13. The van der Waals surface area contributed by atoms with E-state index in [1.807, 2.05) is 26.8 Å². The summed E-state index contributed by atoms with van der Waals surface area (Å²) < 4.78 is 11.5. The molecule has 1 aliphatic heterocycles. The van der Waals surface area contributed by atoms with Crippen LogP contribution in [0.4, 0.5) is 4.79 Å². The third-order valence-electron chi connectivity index (χ3n) is 5.62.